The Morgan fingerprint density at radius 2 is 1.85 bits per heavy atom. The Kier molecular flexibility index (Phi) is 4.01. The summed E-state index contributed by atoms with van der Waals surface area (Å²) in [6.45, 7) is 0. The summed E-state index contributed by atoms with van der Waals surface area (Å²) in [7, 11) is 3.43. The van der Waals surface area contributed by atoms with Gasteiger partial charge >= 0.3 is 0 Å². The van der Waals surface area contributed by atoms with Gasteiger partial charge in [0, 0.05) is 17.8 Å². The van der Waals surface area contributed by atoms with Crippen LogP contribution in [0.3, 0.4) is 0 Å². The minimum absolute atomic E-state index is 0.218. The Labute approximate surface area is 83.8 Å². The Morgan fingerprint density at radius 1 is 1.23 bits per heavy atom. The summed E-state index contributed by atoms with van der Waals surface area (Å²) >= 11 is 0. The van der Waals surface area contributed by atoms with Crippen LogP contribution in [0.1, 0.15) is 32.1 Å². The van der Waals surface area contributed by atoms with Crippen LogP contribution in [0.2, 0.25) is 0 Å². The van der Waals surface area contributed by atoms with Crippen molar-refractivity contribution in [3.05, 3.63) is 0 Å². The van der Waals surface area contributed by atoms with E-state index in [2.05, 4.69) is 0 Å². The van der Waals surface area contributed by atoms with Crippen molar-refractivity contribution in [1.29, 1.82) is 0 Å². The summed E-state index contributed by atoms with van der Waals surface area (Å²) in [5, 5.41) is -0.512. The molecule has 0 saturated heterocycles. The minimum atomic E-state index is -3.46. The Morgan fingerprint density at radius 3 is 2.38 bits per heavy atom. The number of ether oxygens (including phenoxy) is 1. The molecule has 0 N–H and O–H groups in total. The molecular weight excluding hydrogens is 212 g/mol. The van der Waals surface area contributed by atoms with Crippen molar-refractivity contribution >= 4 is 19.7 Å². The number of halogens is 1. The van der Waals surface area contributed by atoms with E-state index in [9.17, 15) is 8.42 Å². The van der Waals surface area contributed by atoms with Gasteiger partial charge in [0.05, 0.1) is 6.10 Å². The normalized spacial score (nSPS) is 31.2. The van der Waals surface area contributed by atoms with Crippen LogP contribution >= 0.6 is 10.7 Å². The molecule has 2 atom stereocenters. The lowest BCUT2D eigenvalue weighted by molar-refractivity contribution is 0.0929. The summed E-state index contributed by atoms with van der Waals surface area (Å²) < 4.78 is 27.5. The lowest BCUT2D eigenvalue weighted by atomic mass is 10.1. The lowest BCUT2D eigenvalue weighted by Gasteiger charge is -2.20. The van der Waals surface area contributed by atoms with E-state index in [1.165, 1.54) is 0 Å². The van der Waals surface area contributed by atoms with Crippen molar-refractivity contribution in [1.82, 2.24) is 0 Å². The van der Waals surface area contributed by atoms with Crippen molar-refractivity contribution in [3.8, 4) is 0 Å². The highest BCUT2D eigenvalue weighted by molar-refractivity contribution is 8.14. The first-order valence-corrected chi connectivity index (χ1v) is 6.89. The number of methoxy groups -OCH3 is 1. The van der Waals surface area contributed by atoms with Crippen LogP contribution in [-0.4, -0.2) is 26.9 Å². The second-order valence-electron chi connectivity index (χ2n) is 3.43. The zero-order chi connectivity index (χ0) is 9.90. The molecule has 0 amide bonds. The van der Waals surface area contributed by atoms with Gasteiger partial charge in [-0.3, -0.25) is 0 Å². The van der Waals surface area contributed by atoms with E-state index in [0.717, 1.165) is 25.7 Å². The van der Waals surface area contributed by atoms with Crippen LogP contribution in [0.4, 0.5) is 0 Å². The van der Waals surface area contributed by atoms with Crippen molar-refractivity contribution < 1.29 is 13.2 Å². The third-order valence-corrected chi connectivity index (χ3v) is 4.51. The second-order valence-corrected chi connectivity index (χ2v) is 6.27. The standard InChI is InChI=1S/C8H15ClO3S/c1-12-7-5-3-2-4-6-8(7)13(9,10)11/h7-8H,2-6H2,1H3/t7-,8+/m1/s1. The van der Waals surface area contributed by atoms with Crippen LogP contribution < -0.4 is 0 Å². The zero-order valence-electron chi connectivity index (χ0n) is 7.70. The molecule has 1 saturated carbocycles. The fourth-order valence-electron chi connectivity index (χ4n) is 1.83. The molecule has 1 aliphatic rings. The van der Waals surface area contributed by atoms with E-state index >= 15 is 0 Å². The average Bonchev–Trinajstić information content (AvgIpc) is 2.26. The molecule has 0 bridgehead atoms. The largest absolute Gasteiger partial charge is 0.380 e. The van der Waals surface area contributed by atoms with Gasteiger partial charge in [0.2, 0.25) is 9.05 Å². The minimum Gasteiger partial charge on any atom is -0.380 e. The molecule has 0 radical (unpaired) electrons. The summed E-state index contributed by atoms with van der Waals surface area (Å²) in [6, 6.07) is 0. The van der Waals surface area contributed by atoms with E-state index in [0.29, 0.717) is 6.42 Å². The van der Waals surface area contributed by atoms with Gasteiger partial charge in [0.1, 0.15) is 5.25 Å². The Balaban J connectivity index is 2.77. The molecule has 1 rings (SSSR count). The fourth-order valence-corrected chi connectivity index (χ4v) is 3.50. The molecule has 0 aromatic rings. The van der Waals surface area contributed by atoms with Crippen LogP contribution in [0, 0.1) is 0 Å². The molecule has 5 heteroatoms. The summed E-state index contributed by atoms with van der Waals surface area (Å²) in [6.07, 6.45) is 4.24. The highest BCUT2D eigenvalue weighted by Gasteiger charge is 2.32. The molecule has 78 valence electrons. The molecule has 0 spiro atoms. The third kappa shape index (κ3) is 3.11. The topological polar surface area (TPSA) is 43.4 Å². The SMILES string of the molecule is CO[C@@H]1CCCCC[C@@H]1S(=O)(=O)Cl. The number of rotatable bonds is 2. The number of hydrogen-bond donors (Lipinski definition) is 0. The third-order valence-electron chi connectivity index (χ3n) is 2.56. The van der Waals surface area contributed by atoms with Gasteiger partial charge in [-0.15, -0.1) is 0 Å². The maximum Gasteiger partial charge on any atom is 0.238 e. The summed E-state index contributed by atoms with van der Waals surface area (Å²) in [4.78, 5) is 0. The molecule has 1 fully saturated rings. The quantitative estimate of drug-likeness (QED) is 0.534. The molecule has 0 heterocycles. The zero-order valence-corrected chi connectivity index (χ0v) is 9.27. The summed E-state index contributed by atoms with van der Waals surface area (Å²) in [5.41, 5.74) is 0. The van der Waals surface area contributed by atoms with Gasteiger partial charge in [-0.1, -0.05) is 19.3 Å². The number of hydrogen-bond acceptors (Lipinski definition) is 3. The van der Waals surface area contributed by atoms with Crippen molar-refractivity contribution in [2.45, 2.75) is 43.5 Å². The molecule has 0 aromatic heterocycles. The highest BCUT2D eigenvalue weighted by atomic mass is 35.7. The molecule has 0 aliphatic heterocycles. The molecule has 0 unspecified atom stereocenters. The Bertz CT molecular complexity index is 250. The van der Waals surface area contributed by atoms with E-state index in [1.54, 1.807) is 7.11 Å². The molecule has 3 nitrogen and oxygen atoms in total. The monoisotopic (exact) mass is 226 g/mol. The smallest absolute Gasteiger partial charge is 0.238 e. The van der Waals surface area contributed by atoms with E-state index in [-0.39, 0.29) is 6.10 Å². The molecule has 13 heavy (non-hydrogen) atoms. The van der Waals surface area contributed by atoms with E-state index in [1.807, 2.05) is 0 Å². The first-order valence-electron chi connectivity index (χ1n) is 4.52. The maximum absolute atomic E-state index is 11.2. The maximum atomic E-state index is 11.2. The van der Waals surface area contributed by atoms with Crippen molar-refractivity contribution in [2.75, 3.05) is 7.11 Å². The molecule has 0 aromatic carbocycles. The van der Waals surface area contributed by atoms with Crippen LogP contribution in [0.5, 0.6) is 0 Å². The predicted octanol–water partition coefficient (Wildman–Crippen LogP) is 1.90. The average molecular weight is 227 g/mol. The van der Waals surface area contributed by atoms with Gasteiger partial charge in [-0.2, -0.15) is 0 Å². The van der Waals surface area contributed by atoms with Crippen molar-refractivity contribution in [3.63, 3.8) is 0 Å². The van der Waals surface area contributed by atoms with Crippen LogP contribution in [0.25, 0.3) is 0 Å². The molecule has 1 aliphatic carbocycles. The van der Waals surface area contributed by atoms with Gasteiger partial charge in [0.15, 0.2) is 0 Å². The second kappa shape index (κ2) is 4.62. The van der Waals surface area contributed by atoms with Crippen LogP contribution in [-0.2, 0) is 13.8 Å². The first-order chi connectivity index (χ1) is 6.05. The summed E-state index contributed by atoms with van der Waals surface area (Å²) in [5.74, 6) is 0. The van der Waals surface area contributed by atoms with Gasteiger partial charge in [0.25, 0.3) is 0 Å². The molecular formula is C8H15ClO3S. The van der Waals surface area contributed by atoms with Gasteiger partial charge in [-0.25, -0.2) is 8.42 Å². The predicted molar refractivity (Wildman–Crippen MR) is 52.4 cm³/mol. The van der Waals surface area contributed by atoms with Crippen molar-refractivity contribution in [2.24, 2.45) is 0 Å². The van der Waals surface area contributed by atoms with Gasteiger partial charge < -0.3 is 4.74 Å². The fraction of sp³-hybridized carbons (Fsp3) is 1.00. The van der Waals surface area contributed by atoms with Crippen LogP contribution in [0.15, 0.2) is 0 Å². The lowest BCUT2D eigenvalue weighted by Crippen LogP contribution is -2.31. The van der Waals surface area contributed by atoms with E-state index < -0.39 is 14.3 Å². The first kappa shape index (κ1) is 11.3. The Hall–Kier alpha value is 0.200. The van der Waals surface area contributed by atoms with E-state index in [4.69, 9.17) is 15.4 Å². The van der Waals surface area contributed by atoms with Gasteiger partial charge in [-0.05, 0) is 12.8 Å². The highest BCUT2D eigenvalue weighted by Crippen LogP contribution is 2.27.